The lowest BCUT2D eigenvalue weighted by molar-refractivity contribution is -0.130. The van der Waals surface area contributed by atoms with E-state index in [0.717, 1.165) is 33.8 Å². The Kier molecular flexibility index (Phi) is 5.26. The van der Waals surface area contributed by atoms with Gasteiger partial charge < -0.3 is 14.4 Å². The molecule has 166 valence electrons. The fourth-order valence-electron chi connectivity index (χ4n) is 4.08. The normalized spacial score (nSPS) is 12.5. The number of hydrogen-bond acceptors (Lipinski definition) is 6. The topological polar surface area (TPSA) is 82.4 Å². The predicted molar refractivity (Wildman–Crippen MR) is 123 cm³/mol. The van der Waals surface area contributed by atoms with E-state index in [1.807, 2.05) is 59.2 Å². The molecular weight excluding hydrogens is 418 g/mol. The quantitative estimate of drug-likeness (QED) is 0.478. The van der Waals surface area contributed by atoms with Crippen LogP contribution in [0.3, 0.4) is 0 Å². The third-order valence-electron chi connectivity index (χ3n) is 5.77. The van der Waals surface area contributed by atoms with Crippen molar-refractivity contribution in [3.05, 3.63) is 72.2 Å². The summed E-state index contributed by atoms with van der Waals surface area (Å²) in [5.41, 5.74) is 4.45. The van der Waals surface area contributed by atoms with Gasteiger partial charge in [-0.2, -0.15) is 0 Å². The summed E-state index contributed by atoms with van der Waals surface area (Å²) < 4.78 is 13.0. The zero-order valence-electron chi connectivity index (χ0n) is 18.6. The second kappa shape index (κ2) is 8.38. The van der Waals surface area contributed by atoms with Crippen molar-refractivity contribution in [2.45, 2.75) is 20.0 Å². The van der Waals surface area contributed by atoms with Crippen molar-refractivity contribution in [1.82, 2.24) is 24.6 Å². The van der Waals surface area contributed by atoms with Crippen molar-refractivity contribution < 1.29 is 14.3 Å². The van der Waals surface area contributed by atoms with Gasteiger partial charge in [0, 0.05) is 24.1 Å². The largest absolute Gasteiger partial charge is 0.496 e. The maximum atomic E-state index is 12.3. The van der Waals surface area contributed by atoms with Gasteiger partial charge in [0.25, 0.3) is 0 Å². The second-order valence-electron chi connectivity index (χ2n) is 7.75. The van der Waals surface area contributed by atoms with E-state index in [0.29, 0.717) is 30.6 Å². The van der Waals surface area contributed by atoms with Crippen LogP contribution in [0.5, 0.6) is 11.6 Å². The van der Waals surface area contributed by atoms with E-state index in [9.17, 15) is 4.79 Å². The minimum Gasteiger partial charge on any atom is -0.496 e. The third-order valence-corrected chi connectivity index (χ3v) is 5.77. The summed E-state index contributed by atoms with van der Waals surface area (Å²) in [4.78, 5) is 18.6. The van der Waals surface area contributed by atoms with Gasteiger partial charge in [0.05, 0.1) is 38.7 Å². The van der Waals surface area contributed by atoms with Gasteiger partial charge in [-0.05, 0) is 23.8 Å². The van der Waals surface area contributed by atoms with Crippen LogP contribution >= 0.6 is 0 Å². The van der Waals surface area contributed by atoms with E-state index < -0.39 is 0 Å². The molecule has 0 atom stereocenters. The van der Waals surface area contributed by atoms with Crippen molar-refractivity contribution in [3.8, 4) is 39.8 Å². The van der Waals surface area contributed by atoms with Crippen LogP contribution in [-0.4, -0.2) is 44.8 Å². The molecule has 0 radical (unpaired) electrons. The number of aromatic nitrogens is 4. The highest BCUT2D eigenvalue weighted by atomic mass is 16.5. The highest BCUT2D eigenvalue weighted by Crippen LogP contribution is 2.36. The molecule has 1 aliphatic rings. The Hall–Kier alpha value is -4.20. The maximum Gasteiger partial charge on any atom is 0.220 e. The Morgan fingerprint density at radius 3 is 2.45 bits per heavy atom. The first-order valence-corrected chi connectivity index (χ1v) is 10.6. The highest BCUT2D eigenvalue weighted by molar-refractivity contribution is 5.76. The molecule has 0 bridgehead atoms. The van der Waals surface area contributed by atoms with Crippen LogP contribution in [0.15, 0.2) is 60.7 Å². The molecule has 2 aromatic carbocycles. The van der Waals surface area contributed by atoms with Gasteiger partial charge in [-0.3, -0.25) is 9.36 Å². The molecule has 1 aliphatic heterocycles. The molecule has 8 nitrogen and oxygen atoms in total. The molecule has 1 amide bonds. The molecule has 5 rings (SSSR count). The molecule has 0 fully saturated rings. The lowest BCUT2D eigenvalue weighted by Crippen LogP contribution is -2.27. The zero-order valence-corrected chi connectivity index (χ0v) is 18.6. The molecule has 0 saturated carbocycles. The highest BCUT2D eigenvalue weighted by Gasteiger charge is 2.27. The molecule has 0 saturated heterocycles. The monoisotopic (exact) mass is 441 g/mol. The Morgan fingerprint density at radius 1 is 0.909 bits per heavy atom. The summed E-state index contributed by atoms with van der Waals surface area (Å²) >= 11 is 0. The van der Waals surface area contributed by atoms with Crippen LogP contribution < -0.4 is 9.47 Å². The van der Waals surface area contributed by atoms with Crippen molar-refractivity contribution >= 4 is 5.91 Å². The SMILES string of the molecule is COc1ccc2c(n1)CN(C(C)=O)Cc1nnc(-c3ccc(-c4ccccc4)c(OC)c3)n1-2. The number of hydrogen-bond donors (Lipinski definition) is 0. The summed E-state index contributed by atoms with van der Waals surface area (Å²) in [6.45, 7) is 2.24. The van der Waals surface area contributed by atoms with Gasteiger partial charge in [-0.25, -0.2) is 4.98 Å². The zero-order chi connectivity index (χ0) is 22.9. The van der Waals surface area contributed by atoms with Gasteiger partial charge in [0.15, 0.2) is 11.6 Å². The number of fused-ring (bicyclic) bond motifs is 3. The van der Waals surface area contributed by atoms with Crippen LogP contribution in [0.1, 0.15) is 18.4 Å². The van der Waals surface area contributed by atoms with Crippen molar-refractivity contribution in [2.75, 3.05) is 14.2 Å². The molecule has 2 aromatic heterocycles. The average molecular weight is 441 g/mol. The summed E-state index contributed by atoms with van der Waals surface area (Å²) in [6.07, 6.45) is 0. The number of methoxy groups -OCH3 is 2. The minimum absolute atomic E-state index is 0.0579. The fourth-order valence-corrected chi connectivity index (χ4v) is 4.08. The molecule has 3 heterocycles. The summed E-state index contributed by atoms with van der Waals surface area (Å²) in [5.74, 6) is 2.49. The van der Waals surface area contributed by atoms with E-state index in [1.54, 1.807) is 32.1 Å². The fraction of sp³-hybridized carbons (Fsp3) is 0.200. The first-order valence-electron chi connectivity index (χ1n) is 10.6. The number of benzene rings is 2. The first kappa shape index (κ1) is 20.7. The van der Waals surface area contributed by atoms with Crippen LogP contribution in [-0.2, 0) is 17.9 Å². The number of amides is 1. The van der Waals surface area contributed by atoms with Crippen molar-refractivity contribution in [2.24, 2.45) is 0 Å². The number of ether oxygens (including phenoxy) is 2. The number of nitrogens with zero attached hydrogens (tertiary/aromatic N) is 5. The Bertz CT molecular complexity index is 1330. The molecule has 0 aliphatic carbocycles. The Labute approximate surface area is 191 Å². The predicted octanol–water partition coefficient (Wildman–Crippen LogP) is 3.88. The van der Waals surface area contributed by atoms with Gasteiger partial charge >= 0.3 is 0 Å². The van der Waals surface area contributed by atoms with Gasteiger partial charge in [0.2, 0.25) is 11.8 Å². The van der Waals surface area contributed by atoms with Crippen molar-refractivity contribution in [1.29, 1.82) is 0 Å². The molecule has 0 spiro atoms. The maximum absolute atomic E-state index is 12.3. The molecule has 4 aromatic rings. The standard InChI is InChI=1S/C25H23N5O3/c1-16(31)29-14-20-21(11-12-24(26-20)33-3)30-23(15-29)27-28-25(30)18-9-10-19(22(13-18)32-2)17-7-5-4-6-8-17/h4-13H,14-15H2,1-3H3. The molecular formula is C25H23N5O3. The number of pyridine rings is 1. The Morgan fingerprint density at radius 2 is 1.73 bits per heavy atom. The summed E-state index contributed by atoms with van der Waals surface area (Å²) in [7, 11) is 3.23. The van der Waals surface area contributed by atoms with Gasteiger partial charge in [-0.15, -0.1) is 10.2 Å². The van der Waals surface area contributed by atoms with E-state index in [4.69, 9.17) is 9.47 Å². The molecule has 33 heavy (non-hydrogen) atoms. The summed E-state index contributed by atoms with van der Waals surface area (Å²) in [5, 5.41) is 8.91. The van der Waals surface area contributed by atoms with E-state index in [2.05, 4.69) is 15.2 Å². The number of carbonyl (C=O) groups is 1. The van der Waals surface area contributed by atoms with E-state index >= 15 is 0 Å². The van der Waals surface area contributed by atoms with E-state index in [1.165, 1.54) is 0 Å². The molecule has 0 N–H and O–H groups in total. The first-order chi connectivity index (χ1) is 16.1. The Balaban J connectivity index is 1.66. The van der Waals surface area contributed by atoms with E-state index in [-0.39, 0.29) is 5.91 Å². The van der Waals surface area contributed by atoms with Crippen LogP contribution in [0.2, 0.25) is 0 Å². The van der Waals surface area contributed by atoms with Crippen LogP contribution in [0.25, 0.3) is 28.2 Å². The molecule has 0 unspecified atom stereocenters. The molecule has 8 heteroatoms. The average Bonchev–Trinajstić information content (AvgIpc) is 3.19. The smallest absolute Gasteiger partial charge is 0.220 e. The van der Waals surface area contributed by atoms with Crippen LogP contribution in [0, 0.1) is 0 Å². The van der Waals surface area contributed by atoms with Gasteiger partial charge in [-0.1, -0.05) is 36.4 Å². The lowest BCUT2D eigenvalue weighted by Gasteiger charge is -2.17. The van der Waals surface area contributed by atoms with Gasteiger partial charge in [0.1, 0.15) is 5.75 Å². The summed E-state index contributed by atoms with van der Waals surface area (Å²) in [6, 6.07) is 19.8. The number of carbonyl (C=O) groups excluding carboxylic acids is 1. The second-order valence-corrected chi connectivity index (χ2v) is 7.75. The van der Waals surface area contributed by atoms with Crippen molar-refractivity contribution in [3.63, 3.8) is 0 Å². The minimum atomic E-state index is -0.0579. The number of rotatable bonds is 4. The van der Waals surface area contributed by atoms with Crippen LogP contribution in [0.4, 0.5) is 0 Å². The lowest BCUT2D eigenvalue weighted by atomic mass is 10.0. The third kappa shape index (κ3) is 3.69.